The summed E-state index contributed by atoms with van der Waals surface area (Å²) < 4.78 is 11.1. The summed E-state index contributed by atoms with van der Waals surface area (Å²) in [5.74, 6) is 0.923. The lowest BCUT2D eigenvalue weighted by molar-refractivity contribution is 0.340. The minimum absolute atomic E-state index is 0.0862. The molecule has 0 saturated carbocycles. The minimum atomic E-state index is -0.352. The maximum absolute atomic E-state index is 9.70. The molecule has 3 heterocycles. The van der Waals surface area contributed by atoms with Crippen molar-refractivity contribution in [2.75, 3.05) is 6.61 Å². The number of ether oxygens (including phenoxy) is 2. The van der Waals surface area contributed by atoms with Crippen molar-refractivity contribution >= 4 is 11.3 Å². The van der Waals surface area contributed by atoms with Gasteiger partial charge in [0.25, 0.3) is 0 Å². The molecule has 4 rings (SSSR count). The second-order valence-corrected chi connectivity index (χ2v) is 6.67. The Labute approximate surface area is 154 Å². The highest BCUT2D eigenvalue weighted by Crippen LogP contribution is 2.46. The zero-order valence-electron chi connectivity index (χ0n) is 14.0. The normalized spacial score (nSPS) is 15.9. The lowest BCUT2D eigenvalue weighted by Gasteiger charge is -2.24. The first-order chi connectivity index (χ1) is 12.7. The molecule has 1 atom stereocenters. The van der Waals surface area contributed by atoms with E-state index in [4.69, 9.17) is 15.2 Å². The summed E-state index contributed by atoms with van der Waals surface area (Å²) in [6.45, 7) is 2.54. The van der Waals surface area contributed by atoms with E-state index in [1.165, 1.54) is 0 Å². The number of rotatable bonds is 4. The highest BCUT2D eigenvalue weighted by Gasteiger charge is 2.35. The Morgan fingerprint density at radius 3 is 2.81 bits per heavy atom. The van der Waals surface area contributed by atoms with Crippen molar-refractivity contribution in [1.29, 1.82) is 5.26 Å². The Morgan fingerprint density at radius 2 is 2.15 bits per heavy atom. The molecule has 0 saturated heterocycles. The molecule has 0 fully saturated rings. The fourth-order valence-corrected chi connectivity index (χ4v) is 3.84. The van der Waals surface area contributed by atoms with Crippen molar-refractivity contribution in [3.05, 3.63) is 64.4 Å². The Balaban J connectivity index is 1.87. The van der Waals surface area contributed by atoms with Crippen molar-refractivity contribution in [2.45, 2.75) is 12.8 Å². The Kier molecular flexibility index (Phi) is 4.11. The highest BCUT2D eigenvalue weighted by molar-refractivity contribution is 7.13. The quantitative estimate of drug-likeness (QED) is 0.735. The molecular formula is C19H16N4O2S. The molecular weight excluding hydrogens is 348 g/mol. The number of hydrogen-bond acceptors (Lipinski definition) is 6. The summed E-state index contributed by atoms with van der Waals surface area (Å²) in [5.41, 5.74) is 8.96. The topological polar surface area (TPSA) is 96.9 Å². The number of aromatic amines is 1. The molecule has 2 aromatic heterocycles. The van der Waals surface area contributed by atoms with Crippen LogP contribution in [0.2, 0.25) is 0 Å². The molecule has 3 aromatic rings. The van der Waals surface area contributed by atoms with E-state index < -0.39 is 0 Å². The zero-order chi connectivity index (χ0) is 18.1. The zero-order valence-corrected chi connectivity index (χ0v) is 14.8. The summed E-state index contributed by atoms with van der Waals surface area (Å²) in [6.07, 6.45) is 0. The van der Waals surface area contributed by atoms with E-state index in [2.05, 4.69) is 16.3 Å². The van der Waals surface area contributed by atoms with E-state index in [0.717, 1.165) is 27.4 Å². The molecule has 3 N–H and O–H groups in total. The summed E-state index contributed by atoms with van der Waals surface area (Å²) in [4.78, 5) is 1.02. The van der Waals surface area contributed by atoms with E-state index in [-0.39, 0.29) is 11.8 Å². The maximum atomic E-state index is 9.70. The number of nitriles is 1. The molecule has 26 heavy (non-hydrogen) atoms. The molecule has 0 aliphatic carbocycles. The third-order valence-electron chi connectivity index (χ3n) is 4.23. The molecule has 0 spiro atoms. The second-order valence-electron chi connectivity index (χ2n) is 5.72. The minimum Gasteiger partial charge on any atom is -0.494 e. The van der Waals surface area contributed by atoms with Gasteiger partial charge in [-0.05, 0) is 36.1 Å². The number of thiophene rings is 1. The van der Waals surface area contributed by atoms with Gasteiger partial charge in [-0.1, -0.05) is 18.2 Å². The van der Waals surface area contributed by atoms with Gasteiger partial charge in [0.15, 0.2) is 0 Å². The number of hydrogen-bond donors (Lipinski definition) is 2. The predicted octanol–water partition coefficient (Wildman–Crippen LogP) is 3.76. The van der Waals surface area contributed by atoms with Gasteiger partial charge in [0.1, 0.15) is 17.4 Å². The van der Waals surface area contributed by atoms with Crippen LogP contribution in [-0.4, -0.2) is 16.8 Å². The van der Waals surface area contributed by atoms with Gasteiger partial charge in [0.2, 0.25) is 11.8 Å². The highest BCUT2D eigenvalue weighted by atomic mass is 32.1. The van der Waals surface area contributed by atoms with Crippen LogP contribution in [0.3, 0.4) is 0 Å². The van der Waals surface area contributed by atoms with Crippen LogP contribution < -0.4 is 15.2 Å². The first-order valence-electron chi connectivity index (χ1n) is 8.15. The van der Waals surface area contributed by atoms with E-state index in [9.17, 15) is 5.26 Å². The number of fused-ring (bicyclic) bond motifs is 1. The molecule has 1 aliphatic rings. The molecule has 130 valence electrons. The van der Waals surface area contributed by atoms with Crippen LogP contribution in [0.15, 0.2) is 53.2 Å². The largest absolute Gasteiger partial charge is 0.494 e. The molecule has 6 nitrogen and oxygen atoms in total. The van der Waals surface area contributed by atoms with Crippen molar-refractivity contribution in [1.82, 2.24) is 10.2 Å². The third-order valence-corrected chi connectivity index (χ3v) is 5.12. The fourth-order valence-electron chi connectivity index (χ4n) is 3.11. The smallest absolute Gasteiger partial charge is 0.244 e. The number of H-pyrrole nitrogens is 1. The van der Waals surface area contributed by atoms with Crippen molar-refractivity contribution in [3.63, 3.8) is 0 Å². The van der Waals surface area contributed by atoms with Crippen LogP contribution in [0.1, 0.15) is 24.0 Å². The standard InChI is InChI=1S/C19H16N4O2S/c1-2-24-12-7-5-11(6-8-12)15-13(10-20)18(21)25-19-16(15)17(22-23-19)14-4-3-9-26-14/h3-9,15H,2,21H2,1H3,(H,22,23)/t15-/m0/s1. The van der Waals surface area contributed by atoms with Gasteiger partial charge >= 0.3 is 0 Å². The average molecular weight is 364 g/mol. The van der Waals surface area contributed by atoms with Crippen LogP contribution >= 0.6 is 11.3 Å². The lowest BCUT2D eigenvalue weighted by Crippen LogP contribution is -2.20. The number of aromatic nitrogens is 2. The summed E-state index contributed by atoms with van der Waals surface area (Å²) in [7, 11) is 0. The van der Waals surface area contributed by atoms with Crippen molar-refractivity contribution in [2.24, 2.45) is 5.73 Å². The van der Waals surface area contributed by atoms with E-state index in [1.807, 2.05) is 48.7 Å². The Bertz CT molecular complexity index is 997. The van der Waals surface area contributed by atoms with Crippen molar-refractivity contribution in [3.8, 4) is 28.3 Å². The molecule has 0 bridgehead atoms. The molecule has 7 heteroatoms. The van der Waals surface area contributed by atoms with Gasteiger partial charge < -0.3 is 15.2 Å². The van der Waals surface area contributed by atoms with Crippen LogP contribution in [0.5, 0.6) is 11.6 Å². The van der Waals surface area contributed by atoms with E-state index >= 15 is 0 Å². The third kappa shape index (κ3) is 2.61. The van der Waals surface area contributed by atoms with Crippen LogP contribution in [-0.2, 0) is 0 Å². The average Bonchev–Trinajstić information content (AvgIpc) is 3.31. The summed E-state index contributed by atoms with van der Waals surface area (Å²) in [5, 5.41) is 19.0. The first-order valence-corrected chi connectivity index (χ1v) is 9.03. The maximum Gasteiger partial charge on any atom is 0.244 e. The molecule has 1 aliphatic heterocycles. The number of nitrogens with zero attached hydrogens (tertiary/aromatic N) is 2. The van der Waals surface area contributed by atoms with Gasteiger partial charge in [0, 0.05) is 0 Å². The van der Waals surface area contributed by atoms with Gasteiger partial charge in [-0.2, -0.15) is 5.26 Å². The van der Waals surface area contributed by atoms with Crippen molar-refractivity contribution < 1.29 is 9.47 Å². The fraction of sp³-hybridized carbons (Fsp3) is 0.158. The second kappa shape index (κ2) is 6.58. The monoisotopic (exact) mass is 364 g/mol. The van der Waals surface area contributed by atoms with Crippen LogP contribution in [0.4, 0.5) is 0 Å². The van der Waals surface area contributed by atoms with Gasteiger partial charge in [-0.3, -0.25) is 5.10 Å². The number of benzene rings is 1. The first kappa shape index (κ1) is 16.2. The molecule has 0 amide bonds. The van der Waals surface area contributed by atoms with E-state index in [1.54, 1.807) is 11.3 Å². The Morgan fingerprint density at radius 1 is 1.35 bits per heavy atom. The van der Waals surface area contributed by atoms with Gasteiger partial charge in [-0.25, -0.2) is 0 Å². The predicted molar refractivity (Wildman–Crippen MR) is 98.8 cm³/mol. The number of nitrogens with one attached hydrogen (secondary N) is 1. The van der Waals surface area contributed by atoms with Gasteiger partial charge in [-0.15, -0.1) is 16.4 Å². The molecule has 0 radical (unpaired) electrons. The molecule has 0 unspecified atom stereocenters. The molecule has 1 aromatic carbocycles. The Hall–Kier alpha value is -3.24. The number of allylic oxidation sites excluding steroid dienone is 1. The SMILES string of the molecule is CCOc1ccc([C@H]2C(C#N)=C(N)Oc3n[nH]c(-c4cccs4)c32)cc1. The summed E-state index contributed by atoms with van der Waals surface area (Å²) >= 11 is 1.59. The summed E-state index contributed by atoms with van der Waals surface area (Å²) in [6, 6.07) is 13.9. The lowest BCUT2D eigenvalue weighted by atomic mass is 9.84. The van der Waals surface area contributed by atoms with Crippen LogP contribution in [0, 0.1) is 11.3 Å². The number of nitrogens with two attached hydrogens (primary N) is 1. The van der Waals surface area contributed by atoms with E-state index in [0.29, 0.717) is 18.1 Å². The van der Waals surface area contributed by atoms with Gasteiger partial charge in [0.05, 0.1) is 28.7 Å². The van der Waals surface area contributed by atoms with Crippen LogP contribution in [0.25, 0.3) is 10.6 Å².